The molecule has 1 unspecified atom stereocenters. The fourth-order valence-electron chi connectivity index (χ4n) is 1.81. The van der Waals surface area contributed by atoms with Gasteiger partial charge in [-0.05, 0) is 18.1 Å². The Hall–Kier alpha value is -1.13. The number of benzene rings is 1. The molecule has 16 heavy (non-hydrogen) atoms. The number of hydrogen-bond acceptors (Lipinski definition) is 2. The van der Waals surface area contributed by atoms with Crippen LogP contribution in [0.3, 0.4) is 0 Å². The summed E-state index contributed by atoms with van der Waals surface area (Å²) in [5.41, 5.74) is 0.986. The molecule has 1 aromatic carbocycles. The van der Waals surface area contributed by atoms with Gasteiger partial charge in [0.05, 0.1) is 4.90 Å². The molecule has 1 saturated heterocycles. The molecule has 2 rings (SSSR count). The summed E-state index contributed by atoms with van der Waals surface area (Å²) in [5, 5.41) is 0. The Morgan fingerprint density at radius 2 is 1.94 bits per heavy atom. The molecule has 0 amide bonds. The van der Waals surface area contributed by atoms with Crippen LogP contribution in [0.25, 0.3) is 0 Å². The van der Waals surface area contributed by atoms with Crippen molar-refractivity contribution in [1.82, 2.24) is 4.31 Å². The first-order valence-electron chi connectivity index (χ1n) is 5.24. The molecule has 0 N–H and O–H groups in total. The molecule has 0 aromatic heterocycles. The Labute approximate surface area is 96.4 Å². The molecule has 0 bridgehead atoms. The standard InChI is InChI=1S/C12H15NO2S/c1-10-8-13(9-11(10)2)16(14,15)12-6-4-3-5-7-12/h3-7,11H,1,8-9H2,2H3. The van der Waals surface area contributed by atoms with Gasteiger partial charge in [-0.25, -0.2) is 8.42 Å². The lowest BCUT2D eigenvalue weighted by Gasteiger charge is -2.15. The van der Waals surface area contributed by atoms with E-state index < -0.39 is 10.0 Å². The third-order valence-electron chi connectivity index (χ3n) is 2.93. The van der Waals surface area contributed by atoms with E-state index in [1.807, 2.05) is 13.0 Å². The van der Waals surface area contributed by atoms with E-state index in [4.69, 9.17) is 0 Å². The smallest absolute Gasteiger partial charge is 0.207 e. The molecule has 0 radical (unpaired) electrons. The zero-order valence-electron chi connectivity index (χ0n) is 9.26. The zero-order chi connectivity index (χ0) is 11.8. The molecular weight excluding hydrogens is 222 g/mol. The second-order valence-electron chi connectivity index (χ2n) is 4.17. The van der Waals surface area contributed by atoms with Crippen LogP contribution in [0.5, 0.6) is 0 Å². The normalized spacial score (nSPS) is 22.6. The zero-order valence-corrected chi connectivity index (χ0v) is 10.1. The van der Waals surface area contributed by atoms with E-state index >= 15 is 0 Å². The van der Waals surface area contributed by atoms with Gasteiger partial charge in [0.25, 0.3) is 0 Å². The van der Waals surface area contributed by atoms with Gasteiger partial charge in [0.15, 0.2) is 0 Å². The van der Waals surface area contributed by atoms with Crippen molar-refractivity contribution >= 4 is 10.0 Å². The van der Waals surface area contributed by atoms with E-state index in [1.165, 1.54) is 4.31 Å². The summed E-state index contributed by atoms with van der Waals surface area (Å²) in [6.07, 6.45) is 0. The Morgan fingerprint density at radius 3 is 2.44 bits per heavy atom. The minimum Gasteiger partial charge on any atom is -0.207 e. The Kier molecular flexibility index (Phi) is 2.86. The number of hydrogen-bond donors (Lipinski definition) is 0. The van der Waals surface area contributed by atoms with Crippen LogP contribution in [0.15, 0.2) is 47.4 Å². The fraction of sp³-hybridized carbons (Fsp3) is 0.333. The maximum absolute atomic E-state index is 12.2. The molecule has 0 saturated carbocycles. The first-order valence-corrected chi connectivity index (χ1v) is 6.68. The Morgan fingerprint density at radius 1 is 1.31 bits per heavy atom. The SMILES string of the molecule is C=C1CN(S(=O)(=O)c2ccccc2)CC1C. The van der Waals surface area contributed by atoms with Crippen molar-refractivity contribution in [2.75, 3.05) is 13.1 Å². The molecule has 0 spiro atoms. The van der Waals surface area contributed by atoms with Gasteiger partial charge >= 0.3 is 0 Å². The third kappa shape index (κ3) is 1.90. The highest BCUT2D eigenvalue weighted by Crippen LogP contribution is 2.26. The van der Waals surface area contributed by atoms with Crippen molar-refractivity contribution in [3.05, 3.63) is 42.5 Å². The van der Waals surface area contributed by atoms with Gasteiger partial charge in [-0.1, -0.05) is 37.3 Å². The summed E-state index contributed by atoms with van der Waals surface area (Å²) >= 11 is 0. The third-order valence-corrected chi connectivity index (χ3v) is 4.76. The summed E-state index contributed by atoms with van der Waals surface area (Å²) in [6.45, 7) is 6.87. The van der Waals surface area contributed by atoms with E-state index in [0.717, 1.165) is 5.57 Å². The van der Waals surface area contributed by atoms with Gasteiger partial charge < -0.3 is 0 Å². The van der Waals surface area contributed by atoms with Crippen molar-refractivity contribution in [2.45, 2.75) is 11.8 Å². The van der Waals surface area contributed by atoms with Crippen molar-refractivity contribution in [2.24, 2.45) is 5.92 Å². The predicted octanol–water partition coefficient (Wildman–Crippen LogP) is 1.88. The molecule has 1 atom stereocenters. The molecular formula is C12H15NO2S. The van der Waals surface area contributed by atoms with Gasteiger partial charge in [-0.3, -0.25) is 0 Å². The van der Waals surface area contributed by atoms with Gasteiger partial charge in [0.2, 0.25) is 10.0 Å². The lowest BCUT2D eigenvalue weighted by atomic mass is 10.1. The second-order valence-corrected chi connectivity index (χ2v) is 6.11. The quantitative estimate of drug-likeness (QED) is 0.737. The van der Waals surface area contributed by atoms with Crippen LogP contribution in [0, 0.1) is 5.92 Å². The topological polar surface area (TPSA) is 37.4 Å². The summed E-state index contributed by atoms with van der Waals surface area (Å²) in [6, 6.07) is 8.54. The minimum atomic E-state index is -3.33. The minimum absolute atomic E-state index is 0.249. The van der Waals surface area contributed by atoms with Crippen molar-refractivity contribution in [3.8, 4) is 0 Å². The van der Waals surface area contributed by atoms with Crippen LogP contribution >= 0.6 is 0 Å². The average molecular weight is 237 g/mol. The molecule has 4 heteroatoms. The second kappa shape index (κ2) is 4.03. The fourth-order valence-corrected chi connectivity index (χ4v) is 3.36. The van der Waals surface area contributed by atoms with Gasteiger partial charge in [0.1, 0.15) is 0 Å². The number of rotatable bonds is 2. The van der Waals surface area contributed by atoms with E-state index in [9.17, 15) is 8.42 Å². The van der Waals surface area contributed by atoms with E-state index in [1.54, 1.807) is 24.3 Å². The predicted molar refractivity (Wildman–Crippen MR) is 63.5 cm³/mol. The summed E-state index contributed by atoms with van der Waals surface area (Å²) in [4.78, 5) is 0.358. The molecule has 0 aliphatic carbocycles. The van der Waals surface area contributed by atoms with E-state index in [-0.39, 0.29) is 5.92 Å². The maximum atomic E-state index is 12.2. The van der Waals surface area contributed by atoms with E-state index in [2.05, 4.69) is 6.58 Å². The highest BCUT2D eigenvalue weighted by molar-refractivity contribution is 7.89. The van der Waals surface area contributed by atoms with Crippen LogP contribution in [-0.2, 0) is 10.0 Å². The first-order chi connectivity index (χ1) is 7.51. The number of sulfonamides is 1. The number of nitrogens with zero attached hydrogens (tertiary/aromatic N) is 1. The lowest BCUT2D eigenvalue weighted by molar-refractivity contribution is 0.464. The van der Waals surface area contributed by atoms with Crippen molar-refractivity contribution in [1.29, 1.82) is 0 Å². The van der Waals surface area contributed by atoms with E-state index in [0.29, 0.717) is 18.0 Å². The summed E-state index contributed by atoms with van der Waals surface area (Å²) < 4.78 is 25.9. The van der Waals surface area contributed by atoms with Crippen LogP contribution in [0.4, 0.5) is 0 Å². The molecule has 3 nitrogen and oxygen atoms in total. The highest BCUT2D eigenvalue weighted by Gasteiger charge is 2.32. The van der Waals surface area contributed by atoms with Crippen LogP contribution in [0.1, 0.15) is 6.92 Å². The monoisotopic (exact) mass is 237 g/mol. The van der Waals surface area contributed by atoms with Gasteiger partial charge in [0, 0.05) is 13.1 Å². The summed E-state index contributed by atoms with van der Waals surface area (Å²) in [5.74, 6) is 0.249. The Balaban J connectivity index is 2.32. The molecule has 1 aliphatic heterocycles. The molecule has 1 aromatic rings. The maximum Gasteiger partial charge on any atom is 0.243 e. The van der Waals surface area contributed by atoms with Gasteiger partial charge in [-0.15, -0.1) is 0 Å². The molecule has 86 valence electrons. The molecule has 1 fully saturated rings. The van der Waals surface area contributed by atoms with Crippen LogP contribution in [-0.4, -0.2) is 25.8 Å². The van der Waals surface area contributed by atoms with Crippen molar-refractivity contribution in [3.63, 3.8) is 0 Å². The molecule has 1 aliphatic rings. The Bertz CT molecular complexity index is 493. The largest absolute Gasteiger partial charge is 0.243 e. The summed E-state index contributed by atoms with van der Waals surface area (Å²) in [7, 11) is -3.33. The highest BCUT2D eigenvalue weighted by atomic mass is 32.2. The van der Waals surface area contributed by atoms with Crippen LogP contribution < -0.4 is 0 Å². The molecule has 1 heterocycles. The van der Waals surface area contributed by atoms with Gasteiger partial charge in [-0.2, -0.15) is 4.31 Å². The van der Waals surface area contributed by atoms with Crippen molar-refractivity contribution < 1.29 is 8.42 Å². The lowest BCUT2D eigenvalue weighted by Crippen LogP contribution is -2.28. The average Bonchev–Trinajstić information content (AvgIpc) is 2.61. The van der Waals surface area contributed by atoms with Crippen LogP contribution in [0.2, 0.25) is 0 Å². The first kappa shape index (κ1) is 11.4.